The monoisotopic (exact) mass is 341 g/mol. The largest absolute Gasteiger partial charge is 0.441 e. The van der Waals surface area contributed by atoms with Crippen molar-refractivity contribution in [3.63, 3.8) is 0 Å². The number of unbranched alkanes of at least 4 members (excludes halogenated alkanes) is 1. The van der Waals surface area contributed by atoms with Crippen molar-refractivity contribution < 1.29 is 19.1 Å². The van der Waals surface area contributed by atoms with E-state index in [0.717, 1.165) is 31.9 Å². The third kappa shape index (κ3) is 6.67. The Morgan fingerprint density at radius 1 is 1.28 bits per heavy atom. The van der Waals surface area contributed by atoms with Gasteiger partial charge in [0.1, 0.15) is 5.75 Å². The van der Waals surface area contributed by atoms with Crippen molar-refractivity contribution in [3.8, 4) is 5.75 Å². The first kappa shape index (κ1) is 20.2. The number of hydrogen-bond acceptors (Lipinski definition) is 4. The van der Waals surface area contributed by atoms with Crippen LogP contribution in [0.25, 0.3) is 5.53 Å². The number of allylic oxidation sites excluding steroid dienone is 1. The highest BCUT2D eigenvalue weighted by atomic mass is 16.5. The zero-order valence-electron chi connectivity index (χ0n) is 14.5. The topological polar surface area (TPSA) is 83.0 Å². The van der Waals surface area contributed by atoms with Gasteiger partial charge in [0.15, 0.2) is 0 Å². The Hall–Kier alpha value is -2.82. The van der Waals surface area contributed by atoms with Crippen LogP contribution in [0.1, 0.15) is 25.3 Å². The Balaban J connectivity index is 2.92. The summed E-state index contributed by atoms with van der Waals surface area (Å²) in [6.07, 6.45) is 5.57. The number of hydrogen-bond donors (Lipinski definition) is 0. The molecule has 0 aliphatic carbocycles. The average Bonchev–Trinajstić information content (AvgIpc) is 2.57. The van der Waals surface area contributed by atoms with Crippen LogP contribution in [0, 0.1) is 0 Å². The second-order valence-corrected chi connectivity index (χ2v) is 5.46. The third-order valence-corrected chi connectivity index (χ3v) is 3.47. The van der Waals surface area contributed by atoms with Gasteiger partial charge in [0.05, 0.1) is 0 Å². The molecule has 6 heteroatoms. The standard InChI is InChI=1S/C19H23N3O3/c1-4-6-9-13-22(12-5-2)14-16-10-7-8-11-17(16)25-19(24)18(21-20)15(3)23/h4-5,7-8,10-11H,1-2,6,9,12-14H2,3H3. The molecule has 6 nitrogen and oxygen atoms in total. The van der Waals surface area contributed by atoms with E-state index >= 15 is 0 Å². The Bertz CT molecular complexity index is 691. The predicted molar refractivity (Wildman–Crippen MR) is 96.3 cm³/mol. The number of esters is 1. The molecule has 0 N–H and O–H groups in total. The van der Waals surface area contributed by atoms with E-state index in [0.29, 0.717) is 18.8 Å². The van der Waals surface area contributed by atoms with Crippen molar-refractivity contribution in [2.75, 3.05) is 13.1 Å². The van der Waals surface area contributed by atoms with E-state index in [1.807, 2.05) is 24.3 Å². The lowest BCUT2D eigenvalue weighted by atomic mass is 10.1. The molecule has 0 amide bonds. The van der Waals surface area contributed by atoms with Gasteiger partial charge in [-0.3, -0.25) is 9.69 Å². The molecule has 0 aromatic heterocycles. The van der Waals surface area contributed by atoms with E-state index in [1.54, 1.807) is 12.1 Å². The molecule has 0 aliphatic heterocycles. The number of carbonyl (C=O) groups is 2. The van der Waals surface area contributed by atoms with Crippen molar-refractivity contribution in [1.29, 1.82) is 0 Å². The van der Waals surface area contributed by atoms with Crippen LogP contribution in [-0.4, -0.2) is 40.2 Å². The molecule has 1 aromatic rings. The van der Waals surface area contributed by atoms with Gasteiger partial charge in [-0.15, -0.1) is 13.2 Å². The van der Waals surface area contributed by atoms with Crippen LogP contribution in [-0.2, 0) is 16.1 Å². The van der Waals surface area contributed by atoms with Crippen LogP contribution in [0.3, 0.4) is 0 Å². The molecule has 0 saturated heterocycles. The van der Waals surface area contributed by atoms with Crippen molar-refractivity contribution >= 4 is 17.5 Å². The Morgan fingerprint density at radius 2 is 2.00 bits per heavy atom. The molecule has 0 radical (unpaired) electrons. The summed E-state index contributed by atoms with van der Waals surface area (Å²) in [5, 5.41) is 0. The lowest BCUT2D eigenvalue weighted by Crippen LogP contribution is -2.29. The van der Waals surface area contributed by atoms with E-state index in [-0.39, 0.29) is 0 Å². The molecule has 0 atom stereocenters. The number of ether oxygens (including phenoxy) is 1. The maximum atomic E-state index is 12.0. The number of carbonyl (C=O) groups excluding carboxylic acids is 2. The Labute approximate surface area is 148 Å². The van der Waals surface area contributed by atoms with Crippen LogP contribution >= 0.6 is 0 Å². The number of nitrogens with zero attached hydrogens (tertiary/aromatic N) is 3. The van der Waals surface area contributed by atoms with Gasteiger partial charge >= 0.3 is 11.7 Å². The number of Topliss-reactive ketones (excluding diaryl/α,β-unsaturated/α-hetero) is 1. The maximum Gasteiger partial charge on any atom is 0.441 e. The van der Waals surface area contributed by atoms with Crippen molar-refractivity contribution in [2.24, 2.45) is 0 Å². The summed E-state index contributed by atoms with van der Waals surface area (Å²) in [5.41, 5.74) is 8.94. The van der Waals surface area contributed by atoms with Crippen LogP contribution in [0.5, 0.6) is 5.75 Å². The molecule has 0 unspecified atom stereocenters. The molecule has 0 bridgehead atoms. The molecule has 0 heterocycles. The molecule has 1 rings (SSSR count). The summed E-state index contributed by atoms with van der Waals surface area (Å²) in [5.74, 6) is -1.32. The van der Waals surface area contributed by atoms with E-state index < -0.39 is 17.5 Å². The first-order chi connectivity index (χ1) is 12.0. The fraction of sp³-hybridized carbons (Fsp3) is 0.316. The third-order valence-electron chi connectivity index (χ3n) is 3.47. The summed E-state index contributed by atoms with van der Waals surface area (Å²) in [7, 11) is 0. The summed E-state index contributed by atoms with van der Waals surface area (Å²) < 4.78 is 5.25. The molecule has 25 heavy (non-hydrogen) atoms. The van der Waals surface area contributed by atoms with Crippen LogP contribution in [0.15, 0.2) is 49.6 Å². The van der Waals surface area contributed by atoms with E-state index in [1.165, 1.54) is 0 Å². The second-order valence-electron chi connectivity index (χ2n) is 5.46. The molecule has 0 aliphatic rings. The molecular weight excluding hydrogens is 318 g/mol. The second kappa shape index (κ2) is 10.9. The Kier molecular flexibility index (Phi) is 8.79. The normalized spacial score (nSPS) is 10.0. The zero-order valence-corrected chi connectivity index (χ0v) is 14.5. The minimum absolute atomic E-state index is 0.327. The van der Waals surface area contributed by atoms with Crippen molar-refractivity contribution in [2.45, 2.75) is 26.3 Å². The van der Waals surface area contributed by atoms with Gasteiger partial charge in [0.25, 0.3) is 0 Å². The summed E-state index contributed by atoms with van der Waals surface area (Å²) in [4.78, 5) is 28.1. The molecule has 0 saturated carbocycles. The number of ketones is 1. The number of benzene rings is 1. The highest BCUT2D eigenvalue weighted by Gasteiger charge is 2.28. The SMILES string of the molecule is C=CCCCN(CC=C)Cc1ccccc1OC(=O)C(=[N+]=[N-])C(C)=O. The van der Waals surface area contributed by atoms with Crippen LogP contribution in [0.2, 0.25) is 0 Å². The van der Waals surface area contributed by atoms with E-state index in [2.05, 4.69) is 22.8 Å². The fourth-order valence-electron chi connectivity index (χ4n) is 2.25. The lowest BCUT2D eigenvalue weighted by molar-refractivity contribution is -0.134. The molecule has 0 fully saturated rings. The molecule has 132 valence electrons. The summed E-state index contributed by atoms with van der Waals surface area (Å²) in [6, 6.07) is 7.05. The lowest BCUT2D eigenvalue weighted by Gasteiger charge is -2.21. The minimum Gasteiger partial charge on any atom is -0.417 e. The van der Waals surface area contributed by atoms with Gasteiger partial charge in [-0.25, -0.2) is 4.79 Å². The van der Waals surface area contributed by atoms with Gasteiger partial charge in [-0.1, -0.05) is 30.4 Å². The van der Waals surface area contributed by atoms with Gasteiger partial charge in [0, 0.05) is 25.6 Å². The minimum atomic E-state index is -0.982. The maximum absolute atomic E-state index is 12.0. The summed E-state index contributed by atoms with van der Waals surface area (Å²) in [6.45, 7) is 10.7. The smallest absolute Gasteiger partial charge is 0.417 e. The first-order valence-electron chi connectivity index (χ1n) is 8.00. The average molecular weight is 341 g/mol. The van der Waals surface area contributed by atoms with Crippen LogP contribution in [0.4, 0.5) is 0 Å². The highest BCUT2D eigenvalue weighted by molar-refractivity contribution is 6.62. The van der Waals surface area contributed by atoms with Crippen LogP contribution < -0.4 is 4.74 Å². The Morgan fingerprint density at radius 3 is 2.60 bits per heavy atom. The molecular formula is C19H23N3O3. The van der Waals surface area contributed by atoms with Crippen molar-refractivity contribution in [3.05, 3.63) is 60.7 Å². The highest BCUT2D eigenvalue weighted by Crippen LogP contribution is 2.20. The zero-order chi connectivity index (χ0) is 18.7. The summed E-state index contributed by atoms with van der Waals surface area (Å²) >= 11 is 0. The number of para-hydroxylation sites is 1. The van der Waals surface area contributed by atoms with E-state index in [9.17, 15) is 9.59 Å². The molecule has 1 aromatic carbocycles. The quantitative estimate of drug-likeness (QED) is 0.0905. The predicted octanol–water partition coefficient (Wildman–Crippen LogP) is 2.81. The van der Waals surface area contributed by atoms with Gasteiger partial charge in [-0.2, -0.15) is 4.79 Å². The van der Waals surface area contributed by atoms with Crippen molar-refractivity contribution in [1.82, 2.24) is 4.90 Å². The number of rotatable bonds is 11. The fourth-order valence-corrected chi connectivity index (χ4v) is 2.25. The van der Waals surface area contributed by atoms with E-state index in [4.69, 9.17) is 10.3 Å². The first-order valence-corrected chi connectivity index (χ1v) is 8.00. The van der Waals surface area contributed by atoms with Gasteiger partial charge < -0.3 is 10.3 Å². The van der Waals surface area contributed by atoms with Gasteiger partial charge in [0.2, 0.25) is 5.78 Å². The molecule has 0 spiro atoms. The van der Waals surface area contributed by atoms with Gasteiger partial charge in [-0.05, 0) is 25.5 Å².